The van der Waals surface area contributed by atoms with E-state index in [0.717, 1.165) is 0 Å². The Balaban J connectivity index is 2.30. The molecule has 0 atom stereocenters. The van der Waals surface area contributed by atoms with E-state index in [2.05, 4.69) is 5.10 Å². The standard InChI is InChI=1S/C12H15N3O2S/c1-2-15-8-10(7-14-15)9-18(16,17)12-6-4-3-5-11(12)13/h3-8H,2,9,13H2,1H3. The average molecular weight is 265 g/mol. The van der Waals surface area contributed by atoms with Gasteiger partial charge in [-0.25, -0.2) is 8.42 Å². The van der Waals surface area contributed by atoms with E-state index in [1.807, 2.05) is 6.92 Å². The summed E-state index contributed by atoms with van der Waals surface area (Å²) in [7, 11) is -3.42. The maximum Gasteiger partial charge on any atom is 0.184 e. The minimum absolute atomic E-state index is 0.0821. The molecule has 5 nitrogen and oxygen atoms in total. The van der Waals surface area contributed by atoms with Crippen LogP contribution in [-0.4, -0.2) is 18.2 Å². The smallest absolute Gasteiger partial charge is 0.184 e. The SMILES string of the molecule is CCn1cc(CS(=O)(=O)c2ccccc2N)cn1. The van der Waals surface area contributed by atoms with E-state index in [0.29, 0.717) is 12.1 Å². The van der Waals surface area contributed by atoms with E-state index in [1.165, 1.54) is 6.07 Å². The van der Waals surface area contributed by atoms with Crippen molar-refractivity contribution >= 4 is 15.5 Å². The predicted molar refractivity (Wildman–Crippen MR) is 69.6 cm³/mol. The first-order valence-corrected chi connectivity index (χ1v) is 7.27. The minimum atomic E-state index is -3.42. The zero-order chi connectivity index (χ0) is 13.2. The fraction of sp³-hybridized carbons (Fsp3) is 0.250. The van der Waals surface area contributed by atoms with Crippen LogP contribution in [-0.2, 0) is 22.1 Å². The first kappa shape index (κ1) is 12.6. The number of nitrogens with two attached hydrogens (primary N) is 1. The lowest BCUT2D eigenvalue weighted by Gasteiger charge is -2.05. The van der Waals surface area contributed by atoms with Gasteiger partial charge in [-0.1, -0.05) is 12.1 Å². The molecule has 1 aromatic carbocycles. The number of benzene rings is 1. The third-order valence-electron chi connectivity index (χ3n) is 2.62. The first-order valence-electron chi connectivity index (χ1n) is 5.61. The zero-order valence-electron chi connectivity index (χ0n) is 10.1. The lowest BCUT2D eigenvalue weighted by atomic mass is 10.3. The highest BCUT2D eigenvalue weighted by Gasteiger charge is 2.18. The number of nitrogens with zero attached hydrogens (tertiary/aromatic N) is 2. The second-order valence-corrected chi connectivity index (χ2v) is 5.96. The summed E-state index contributed by atoms with van der Waals surface area (Å²) >= 11 is 0. The first-order chi connectivity index (χ1) is 8.53. The van der Waals surface area contributed by atoms with Crippen molar-refractivity contribution in [3.63, 3.8) is 0 Å². The molecule has 6 heteroatoms. The molecule has 0 unspecified atom stereocenters. The molecule has 0 aliphatic rings. The third-order valence-corrected chi connectivity index (χ3v) is 4.38. The molecule has 0 amide bonds. The molecule has 0 bridgehead atoms. The fourth-order valence-electron chi connectivity index (χ4n) is 1.71. The molecular formula is C12H15N3O2S. The molecule has 0 radical (unpaired) electrons. The van der Waals surface area contributed by atoms with Crippen LogP contribution >= 0.6 is 0 Å². The lowest BCUT2D eigenvalue weighted by molar-refractivity contribution is 0.595. The molecule has 0 aliphatic carbocycles. The molecule has 18 heavy (non-hydrogen) atoms. The summed E-state index contributed by atoms with van der Waals surface area (Å²) in [6.45, 7) is 2.66. The van der Waals surface area contributed by atoms with Gasteiger partial charge in [-0.2, -0.15) is 5.10 Å². The third kappa shape index (κ3) is 2.53. The quantitative estimate of drug-likeness (QED) is 0.849. The van der Waals surface area contributed by atoms with Crippen LogP contribution in [0, 0.1) is 0 Å². The molecule has 1 aromatic heterocycles. The highest BCUT2D eigenvalue weighted by Crippen LogP contribution is 2.21. The second kappa shape index (κ2) is 4.81. The molecule has 2 rings (SSSR count). The van der Waals surface area contributed by atoms with E-state index in [9.17, 15) is 8.42 Å². The largest absolute Gasteiger partial charge is 0.398 e. The summed E-state index contributed by atoms with van der Waals surface area (Å²) < 4.78 is 26.1. The summed E-state index contributed by atoms with van der Waals surface area (Å²) in [5.74, 6) is -0.0821. The normalized spacial score (nSPS) is 11.6. The Morgan fingerprint density at radius 2 is 2.06 bits per heavy atom. The van der Waals surface area contributed by atoms with Crippen molar-refractivity contribution in [2.45, 2.75) is 24.1 Å². The van der Waals surface area contributed by atoms with Gasteiger partial charge in [-0.15, -0.1) is 0 Å². The van der Waals surface area contributed by atoms with E-state index >= 15 is 0 Å². The van der Waals surface area contributed by atoms with E-state index < -0.39 is 9.84 Å². The van der Waals surface area contributed by atoms with Crippen molar-refractivity contribution in [2.75, 3.05) is 5.73 Å². The van der Waals surface area contributed by atoms with Crippen LogP contribution < -0.4 is 5.73 Å². The summed E-state index contributed by atoms with van der Waals surface area (Å²) in [6, 6.07) is 6.49. The predicted octanol–water partition coefficient (Wildman–Crippen LogP) is 1.46. The van der Waals surface area contributed by atoms with Gasteiger partial charge in [-0.05, 0) is 19.1 Å². The van der Waals surface area contributed by atoms with Gasteiger partial charge in [0.1, 0.15) is 0 Å². The van der Waals surface area contributed by atoms with Crippen LogP contribution in [0.3, 0.4) is 0 Å². The Labute approximate surface area is 106 Å². The van der Waals surface area contributed by atoms with Gasteiger partial charge in [0, 0.05) is 18.3 Å². The minimum Gasteiger partial charge on any atom is -0.398 e. The maximum absolute atomic E-state index is 12.2. The maximum atomic E-state index is 12.2. The van der Waals surface area contributed by atoms with Crippen molar-refractivity contribution in [1.29, 1.82) is 0 Å². The fourth-order valence-corrected chi connectivity index (χ4v) is 3.17. The summed E-state index contributed by atoms with van der Waals surface area (Å²) in [5, 5.41) is 4.06. The second-order valence-electron chi connectivity index (χ2n) is 4.00. The number of para-hydroxylation sites is 1. The number of rotatable bonds is 4. The molecule has 0 saturated carbocycles. The van der Waals surface area contributed by atoms with Gasteiger partial charge in [0.2, 0.25) is 0 Å². The summed E-state index contributed by atoms with van der Waals surface area (Å²) in [6.07, 6.45) is 3.30. The number of aromatic nitrogens is 2. The van der Waals surface area contributed by atoms with E-state index in [-0.39, 0.29) is 16.3 Å². The Bertz CT molecular complexity index is 647. The van der Waals surface area contributed by atoms with Crippen LogP contribution in [0.4, 0.5) is 5.69 Å². The van der Waals surface area contributed by atoms with Crippen LogP contribution in [0.15, 0.2) is 41.6 Å². The number of hydrogen-bond acceptors (Lipinski definition) is 4. The molecule has 0 saturated heterocycles. The van der Waals surface area contributed by atoms with Crippen LogP contribution in [0.2, 0.25) is 0 Å². The van der Waals surface area contributed by atoms with Crippen molar-refractivity contribution in [3.8, 4) is 0 Å². The van der Waals surface area contributed by atoms with Crippen molar-refractivity contribution in [3.05, 3.63) is 42.2 Å². The highest BCUT2D eigenvalue weighted by molar-refractivity contribution is 7.90. The van der Waals surface area contributed by atoms with Gasteiger partial charge < -0.3 is 5.73 Å². The number of aryl methyl sites for hydroxylation is 1. The van der Waals surface area contributed by atoms with Gasteiger partial charge in [-0.3, -0.25) is 4.68 Å². The average Bonchev–Trinajstić information content (AvgIpc) is 2.76. The van der Waals surface area contributed by atoms with Gasteiger partial charge in [0.25, 0.3) is 0 Å². The number of nitrogen functional groups attached to an aromatic ring is 1. The Morgan fingerprint density at radius 1 is 1.33 bits per heavy atom. The molecular weight excluding hydrogens is 250 g/mol. The van der Waals surface area contributed by atoms with Gasteiger partial charge >= 0.3 is 0 Å². The van der Waals surface area contributed by atoms with Gasteiger partial charge in [0.15, 0.2) is 9.84 Å². The Morgan fingerprint density at radius 3 is 2.67 bits per heavy atom. The Hall–Kier alpha value is -1.82. The summed E-state index contributed by atoms with van der Waals surface area (Å²) in [4.78, 5) is 0.175. The lowest BCUT2D eigenvalue weighted by Crippen LogP contribution is -2.07. The molecule has 1 heterocycles. The number of anilines is 1. The highest BCUT2D eigenvalue weighted by atomic mass is 32.2. The van der Waals surface area contributed by atoms with Gasteiger partial charge in [0.05, 0.1) is 22.5 Å². The number of sulfone groups is 1. The number of hydrogen-bond donors (Lipinski definition) is 1. The molecule has 96 valence electrons. The van der Waals surface area contributed by atoms with Crippen molar-refractivity contribution in [2.24, 2.45) is 0 Å². The summed E-state index contributed by atoms with van der Waals surface area (Å²) in [5.41, 5.74) is 6.64. The zero-order valence-corrected chi connectivity index (χ0v) is 10.9. The van der Waals surface area contributed by atoms with Crippen molar-refractivity contribution < 1.29 is 8.42 Å². The van der Waals surface area contributed by atoms with Crippen LogP contribution in [0.25, 0.3) is 0 Å². The molecule has 0 aliphatic heterocycles. The van der Waals surface area contributed by atoms with Crippen molar-refractivity contribution in [1.82, 2.24) is 9.78 Å². The van der Waals surface area contributed by atoms with Crippen LogP contribution in [0.5, 0.6) is 0 Å². The molecule has 0 fully saturated rings. The van der Waals surface area contributed by atoms with E-state index in [1.54, 1.807) is 35.3 Å². The van der Waals surface area contributed by atoms with Crippen LogP contribution in [0.1, 0.15) is 12.5 Å². The molecule has 2 aromatic rings. The molecule has 0 spiro atoms. The Kier molecular flexibility index (Phi) is 3.38. The topological polar surface area (TPSA) is 78.0 Å². The monoisotopic (exact) mass is 265 g/mol. The molecule has 2 N–H and O–H groups in total. The van der Waals surface area contributed by atoms with E-state index in [4.69, 9.17) is 5.73 Å².